The van der Waals surface area contributed by atoms with Gasteiger partial charge in [-0.15, -0.1) is 0 Å². The quantitative estimate of drug-likeness (QED) is 0.528. The Bertz CT molecular complexity index is 887. The number of anilines is 2. The third-order valence-corrected chi connectivity index (χ3v) is 4.08. The molecule has 1 aromatic heterocycles. The maximum atomic E-state index is 14.2. The van der Waals surface area contributed by atoms with E-state index in [4.69, 9.17) is 16.2 Å². The van der Waals surface area contributed by atoms with Gasteiger partial charge in [0.05, 0.1) is 0 Å². The summed E-state index contributed by atoms with van der Waals surface area (Å²) >= 11 is 1.27. The van der Waals surface area contributed by atoms with Crippen molar-refractivity contribution in [3.63, 3.8) is 0 Å². The van der Waals surface area contributed by atoms with Crippen molar-refractivity contribution in [1.82, 2.24) is 9.97 Å². The largest absolute Gasteiger partial charge is 0.451 e. The molecule has 0 bridgehead atoms. The van der Waals surface area contributed by atoms with Crippen LogP contribution in [0.4, 0.5) is 20.4 Å². The van der Waals surface area contributed by atoms with Gasteiger partial charge in [-0.3, -0.25) is 0 Å². The number of hydrogen-bond acceptors (Lipinski definition) is 6. The van der Waals surface area contributed by atoms with Crippen molar-refractivity contribution < 1.29 is 13.5 Å². The first kappa shape index (κ1) is 17.0. The predicted octanol–water partition coefficient (Wildman–Crippen LogP) is 4.00. The molecule has 0 amide bonds. The number of halogens is 2. The summed E-state index contributed by atoms with van der Waals surface area (Å²) in [5.41, 5.74) is 11.9. The fourth-order valence-corrected chi connectivity index (χ4v) is 2.85. The number of nitrogens with zero attached hydrogens (tertiary/aromatic N) is 2. The average molecular weight is 360 g/mol. The molecule has 0 aliphatic rings. The van der Waals surface area contributed by atoms with Gasteiger partial charge < -0.3 is 16.2 Å². The topological polar surface area (TPSA) is 87.1 Å². The molecular weight excluding hydrogens is 346 g/mol. The third-order valence-electron chi connectivity index (χ3n) is 3.17. The first-order valence-corrected chi connectivity index (χ1v) is 8.23. The molecule has 4 N–H and O–H groups in total. The second-order valence-corrected chi connectivity index (χ2v) is 6.03. The number of benzene rings is 2. The fourth-order valence-electron chi connectivity index (χ4n) is 2.04. The van der Waals surface area contributed by atoms with Crippen LogP contribution in [0, 0.1) is 11.6 Å². The molecular formula is C17H14F2N4OS. The van der Waals surface area contributed by atoms with Gasteiger partial charge in [-0.2, -0.15) is 0 Å². The minimum absolute atomic E-state index is 0.0350. The molecule has 3 aromatic rings. The summed E-state index contributed by atoms with van der Waals surface area (Å²) in [4.78, 5) is 8.09. The number of rotatable bonds is 5. The van der Waals surface area contributed by atoms with Crippen molar-refractivity contribution in [1.29, 1.82) is 0 Å². The molecule has 0 aliphatic carbocycles. The molecule has 0 fully saturated rings. The van der Waals surface area contributed by atoms with Crippen LogP contribution >= 0.6 is 11.8 Å². The first-order chi connectivity index (χ1) is 12.0. The van der Waals surface area contributed by atoms with Crippen LogP contribution in [0.15, 0.2) is 53.7 Å². The lowest BCUT2D eigenvalue weighted by atomic mass is 10.2. The van der Waals surface area contributed by atoms with Crippen LogP contribution in [0.25, 0.3) is 0 Å². The summed E-state index contributed by atoms with van der Waals surface area (Å²) in [6.07, 6.45) is 0. The lowest BCUT2D eigenvalue weighted by Crippen LogP contribution is -1.99. The second-order valence-electron chi connectivity index (χ2n) is 5.09. The number of hydrogen-bond donors (Lipinski definition) is 2. The predicted molar refractivity (Wildman–Crippen MR) is 93.3 cm³/mol. The molecule has 8 heteroatoms. The summed E-state index contributed by atoms with van der Waals surface area (Å²) < 4.78 is 33.0. The van der Waals surface area contributed by atoms with Crippen LogP contribution in [-0.2, 0) is 5.75 Å². The van der Waals surface area contributed by atoms with E-state index in [2.05, 4.69) is 9.97 Å². The van der Waals surface area contributed by atoms with Crippen LogP contribution in [0.5, 0.6) is 11.5 Å². The summed E-state index contributed by atoms with van der Waals surface area (Å²) in [5, 5.41) is 0.407. The number of nitrogen functional groups attached to an aromatic ring is 2. The Kier molecular flexibility index (Phi) is 4.99. The average Bonchev–Trinajstić information content (AvgIpc) is 2.56. The van der Waals surface area contributed by atoms with Crippen molar-refractivity contribution in [2.45, 2.75) is 10.9 Å². The lowest BCUT2D eigenvalue weighted by Gasteiger charge is -2.09. The zero-order chi connectivity index (χ0) is 17.8. The van der Waals surface area contributed by atoms with Crippen LogP contribution in [0.2, 0.25) is 0 Å². The highest BCUT2D eigenvalue weighted by molar-refractivity contribution is 7.98. The Morgan fingerprint density at radius 3 is 2.24 bits per heavy atom. The van der Waals surface area contributed by atoms with Gasteiger partial charge in [0.2, 0.25) is 0 Å². The monoisotopic (exact) mass is 360 g/mol. The van der Waals surface area contributed by atoms with Gasteiger partial charge in [-0.05, 0) is 29.8 Å². The maximum absolute atomic E-state index is 14.2. The van der Waals surface area contributed by atoms with Gasteiger partial charge in [-0.25, -0.2) is 18.7 Å². The number of ether oxygens (including phenoxy) is 1. The molecule has 5 nitrogen and oxygen atoms in total. The van der Waals surface area contributed by atoms with Crippen LogP contribution in [0.1, 0.15) is 5.56 Å². The van der Waals surface area contributed by atoms with E-state index in [0.717, 1.165) is 0 Å². The molecule has 25 heavy (non-hydrogen) atoms. The number of thioether (sulfide) groups is 1. The molecule has 1 heterocycles. The van der Waals surface area contributed by atoms with E-state index >= 15 is 0 Å². The van der Waals surface area contributed by atoms with Crippen molar-refractivity contribution in [3.8, 4) is 11.5 Å². The number of para-hydroxylation sites is 1. The Labute approximate surface area is 147 Å². The van der Waals surface area contributed by atoms with Crippen LogP contribution in [-0.4, -0.2) is 9.97 Å². The lowest BCUT2D eigenvalue weighted by molar-refractivity contribution is 0.414. The normalized spacial score (nSPS) is 10.6. The number of aromatic nitrogens is 2. The van der Waals surface area contributed by atoms with Gasteiger partial charge in [0.15, 0.2) is 28.3 Å². The number of nitrogens with two attached hydrogens (primary N) is 2. The minimum atomic E-state index is -0.589. The van der Waals surface area contributed by atoms with Gasteiger partial charge in [0.1, 0.15) is 11.6 Å². The molecule has 0 spiro atoms. The standard InChI is InChI=1S/C17H14F2N4OS/c18-11-3-1-2-4-13(11)24-14-6-5-10(7-12(14)19)9-25-17-22-15(20)8-16(21)23-17/h1-8H,9H2,(H4,20,21,22,23). The fraction of sp³-hybridized carbons (Fsp3) is 0.0588. The van der Waals surface area contributed by atoms with Crippen molar-refractivity contribution in [2.24, 2.45) is 0 Å². The van der Waals surface area contributed by atoms with E-state index in [0.29, 0.717) is 16.5 Å². The van der Waals surface area contributed by atoms with Crippen molar-refractivity contribution in [2.75, 3.05) is 11.5 Å². The maximum Gasteiger partial charge on any atom is 0.191 e. The van der Waals surface area contributed by atoms with E-state index < -0.39 is 11.6 Å². The zero-order valence-corrected chi connectivity index (χ0v) is 13.8. The molecule has 2 aromatic carbocycles. The molecule has 0 aliphatic heterocycles. The summed E-state index contributed by atoms with van der Waals surface area (Å²) in [5.74, 6) is -0.271. The van der Waals surface area contributed by atoms with E-state index in [1.165, 1.54) is 48.2 Å². The third kappa shape index (κ3) is 4.36. The van der Waals surface area contributed by atoms with E-state index in [9.17, 15) is 8.78 Å². The van der Waals surface area contributed by atoms with Gasteiger partial charge in [0, 0.05) is 11.8 Å². The zero-order valence-electron chi connectivity index (χ0n) is 12.9. The Morgan fingerprint density at radius 1 is 0.880 bits per heavy atom. The Morgan fingerprint density at radius 2 is 1.56 bits per heavy atom. The highest BCUT2D eigenvalue weighted by Gasteiger charge is 2.10. The Balaban J connectivity index is 1.70. The van der Waals surface area contributed by atoms with Gasteiger partial charge >= 0.3 is 0 Å². The molecule has 0 radical (unpaired) electrons. The van der Waals surface area contributed by atoms with E-state index in [1.807, 2.05) is 0 Å². The van der Waals surface area contributed by atoms with E-state index in [1.54, 1.807) is 12.1 Å². The second kappa shape index (κ2) is 7.35. The molecule has 0 saturated carbocycles. The molecule has 0 saturated heterocycles. The van der Waals surface area contributed by atoms with Crippen molar-refractivity contribution >= 4 is 23.4 Å². The minimum Gasteiger partial charge on any atom is -0.451 e. The SMILES string of the molecule is Nc1cc(N)nc(SCc2ccc(Oc3ccccc3F)c(F)c2)n1. The van der Waals surface area contributed by atoms with Gasteiger partial charge in [-0.1, -0.05) is 30.0 Å². The van der Waals surface area contributed by atoms with E-state index in [-0.39, 0.29) is 23.1 Å². The molecule has 3 rings (SSSR count). The van der Waals surface area contributed by atoms with Crippen molar-refractivity contribution in [3.05, 3.63) is 65.7 Å². The van der Waals surface area contributed by atoms with Gasteiger partial charge in [0.25, 0.3) is 0 Å². The summed E-state index contributed by atoms with van der Waals surface area (Å²) in [6.45, 7) is 0. The molecule has 128 valence electrons. The Hall–Kier alpha value is -2.87. The first-order valence-electron chi connectivity index (χ1n) is 7.25. The highest BCUT2D eigenvalue weighted by atomic mass is 32.2. The molecule has 0 atom stereocenters. The highest BCUT2D eigenvalue weighted by Crippen LogP contribution is 2.29. The summed E-state index contributed by atoms with van der Waals surface area (Å²) in [7, 11) is 0. The van der Waals surface area contributed by atoms with Crippen LogP contribution < -0.4 is 16.2 Å². The smallest absolute Gasteiger partial charge is 0.191 e. The summed E-state index contributed by atoms with van der Waals surface area (Å²) in [6, 6.07) is 11.7. The molecule has 0 unspecified atom stereocenters. The van der Waals surface area contributed by atoms with Crippen LogP contribution in [0.3, 0.4) is 0 Å².